The second-order valence-corrected chi connectivity index (χ2v) is 3.29. The summed E-state index contributed by atoms with van der Waals surface area (Å²) in [5.74, 6) is -0.187. The van der Waals surface area contributed by atoms with Gasteiger partial charge < -0.3 is 11.1 Å². The maximum atomic E-state index is 11.3. The van der Waals surface area contributed by atoms with E-state index in [1.54, 1.807) is 17.8 Å². The third kappa shape index (κ3) is 2.32. The highest BCUT2D eigenvalue weighted by Gasteiger charge is 2.11. The van der Waals surface area contributed by atoms with Gasteiger partial charge in [0.05, 0.1) is 17.4 Å². The monoisotopic (exact) mass is 196 g/mol. The number of carbonyl (C=O) groups excluding carboxylic acids is 1. The lowest BCUT2D eigenvalue weighted by Crippen LogP contribution is -2.32. The molecule has 1 atom stereocenters. The lowest BCUT2D eigenvalue weighted by Gasteiger charge is -2.06. The molecule has 1 aromatic heterocycles. The van der Waals surface area contributed by atoms with Crippen LogP contribution in [0.5, 0.6) is 0 Å². The van der Waals surface area contributed by atoms with Crippen molar-refractivity contribution in [2.24, 2.45) is 12.8 Å². The van der Waals surface area contributed by atoms with Gasteiger partial charge in [0, 0.05) is 13.2 Å². The quantitative estimate of drug-likeness (QED) is 0.728. The Labute approximate surface area is 83.3 Å². The van der Waals surface area contributed by atoms with E-state index in [-0.39, 0.29) is 5.91 Å². The SMILES string of the molecule is CCc1nn(C)cc1NC(=O)[C@@H](C)N. The van der Waals surface area contributed by atoms with Crippen molar-refractivity contribution in [2.45, 2.75) is 26.3 Å². The first-order valence-corrected chi connectivity index (χ1v) is 4.63. The molecule has 0 saturated heterocycles. The van der Waals surface area contributed by atoms with E-state index < -0.39 is 6.04 Å². The fourth-order valence-corrected chi connectivity index (χ4v) is 1.15. The van der Waals surface area contributed by atoms with Crippen molar-refractivity contribution < 1.29 is 4.79 Å². The predicted octanol–water partition coefficient (Wildman–Crippen LogP) is 0.268. The van der Waals surface area contributed by atoms with Crippen molar-refractivity contribution in [3.05, 3.63) is 11.9 Å². The van der Waals surface area contributed by atoms with Gasteiger partial charge >= 0.3 is 0 Å². The van der Waals surface area contributed by atoms with Crippen molar-refractivity contribution >= 4 is 11.6 Å². The standard InChI is InChI=1S/C9H16N4O/c1-4-7-8(5-13(3)12-7)11-9(14)6(2)10/h5-6H,4,10H2,1-3H3,(H,11,14)/t6-/m1/s1. The van der Waals surface area contributed by atoms with Crippen LogP contribution in [0, 0.1) is 0 Å². The van der Waals surface area contributed by atoms with Crippen LogP contribution in [0.15, 0.2) is 6.20 Å². The first-order chi connectivity index (χ1) is 6.54. The molecule has 5 nitrogen and oxygen atoms in total. The van der Waals surface area contributed by atoms with E-state index >= 15 is 0 Å². The van der Waals surface area contributed by atoms with Gasteiger partial charge in [0.25, 0.3) is 0 Å². The number of carbonyl (C=O) groups is 1. The molecule has 1 amide bonds. The summed E-state index contributed by atoms with van der Waals surface area (Å²) in [5.41, 5.74) is 7.07. The molecule has 0 bridgehead atoms. The fourth-order valence-electron chi connectivity index (χ4n) is 1.15. The number of aromatic nitrogens is 2. The van der Waals surface area contributed by atoms with E-state index in [9.17, 15) is 4.79 Å². The molecule has 3 N–H and O–H groups in total. The maximum Gasteiger partial charge on any atom is 0.241 e. The van der Waals surface area contributed by atoms with Gasteiger partial charge in [-0.05, 0) is 13.3 Å². The molecule has 1 aromatic rings. The second-order valence-electron chi connectivity index (χ2n) is 3.29. The van der Waals surface area contributed by atoms with Crippen LogP contribution in [0.2, 0.25) is 0 Å². The lowest BCUT2D eigenvalue weighted by molar-refractivity contribution is -0.117. The molecule has 0 aliphatic rings. The van der Waals surface area contributed by atoms with Gasteiger partial charge in [-0.2, -0.15) is 5.10 Å². The number of nitrogens with two attached hydrogens (primary N) is 1. The zero-order chi connectivity index (χ0) is 10.7. The Hall–Kier alpha value is -1.36. The molecule has 14 heavy (non-hydrogen) atoms. The number of aryl methyl sites for hydroxylation is 2. The predicted molar refractivity (Wildman–Crippen MR) is 54.9 cm³/mol. The van der Waals surface area contributed by atoms with E-state index in [0.29, 0.717) is 0 Å². The zero-order valence-electron chi connectivity index (χ0n) is 8.74. The van der Waals surface area contributed by atoms with Crippen LogP contribution in [0.1, 0.15) is 19.5 Å². The summed E-state index contributed by atoms with van der Waals surface area (Å²) in [6.07, 6.45) is 2.56. The van der Waals surface area contributed by atoms with Crippen LogP contribution < -0.4 is 11.1 Å². The zero-order valence-corrected chi connectivity index (χ0v) is 8.74. The smallest absolute Gasteiger partial charge is 0.241 e. The average Bonchev–Trinajstić information content (AvgIpc) is 2.45. The Balaban J connectivity index is 2.80. The Bertz CT molecular complexity index is 330. The van der Waals surface area contributed by atoms with Crippen LogP contribution in [0.4, 0.5) is 5.69 Å². The van der Waals surface area contributed by atoms with Crippen molar-refractivity contribution in [3.8, 4) is 0 Å². The number of anilines is 1. The number of nitrogens with one attached hydrogen (secondary N) is 1. The first-order valence-electron chi connectivity index (χ1n) is 4.63. The van der Waals surface area contributed by atoms with Gasteiger partial charge in [0.1, 0.15) is 0 Å². The summed E-state index contributed by atoms with van der Waals surface area (Å²) in [6, 6.07) is -0.500. The van der Waals surface area contributed by atoms with Crippen LogP contribution in [0.3, 0.4) is 0 Å². The van der Waals surface area contributed by atoms with Crippen LogP contribution in [0.25, 0.3) is 0 Å². The fraction of sp³-hybridized carbons (Fsp3) is 0.556. The van der Waals surface area contributed by atoms with Crippen LogP contribution in [-0.2, 0) is 18.3 Å². The minimum absolute atomic E-state index is 0.187. The third-order valence-corrected chi connectivity index (χ3v) is 1.91. The molecule has 5 heteroatoms. The minimum Gasteiger partial charge on any atom is -0.322 e. The van der Waals surface area contributed by atoms with E-state index in [4.69, 9.17) is 5.73 Å². The normalized spacial score (nSPS) is 12.6. The summed E-state index contributed by atoms with van der Waals surface area (Å²) in [7, 11) is 1.82. The Morgan fingerprint density at radius 2 is 2.43 bits per heavy atom. The Kier molecular flexibility index (Phi) is 3.24. The van der Waals surface area contributed by atoms with Crippen molar-refractivity contribution in [2.75, 3.05) is 5.32 Å². The molecule has 0 aliphatic carbocycles. The Morgan fingerprint density at radius 3 is 2.93 bits per heavy atom. The summed E-state index contributed by atoms with van der Waals surface area (Å²) >= 11 is 0. The molecular formula is C9H16N4O. The molecule has 0 spiro atoms. The van der Waals surface area contributed by atoms with Gasteiger partial charge in [-0.1, -0.05) is 6.92 Å². The second kappa shape index (κ2) is 4.23. The summed E-state index contributed by atoms with van der Waals surface area (Å²) in [4.78, 5) is 11.3. The van der Waals surface area contributed by atoms with Crippen LogP contribution >= 0.6 is 0 Å². The molecule has 0 unspecified atom stereocenters. The summed E-state index contributed by atoms with van der Waals surface area (Å²) in [6.45, 7) is 3.64. The minimum atomic E-state index is -0.500. The van der Waals surface area contributed by atoms with E-state index in [1.165, 1.54) is 0 Å². The number of rotatable bonds is 3. The van der Waals surface area contributed by atoms with E-state index in [2.05, 4.69) is 10.4 Å². The third-order valence-electron chi connectivity index (χ3n) is 1.91. The summed E-state index contributed by atoms with van der Waals surface area (Å²) in [5, 5.41) is 6.94. The van der Waals surface area contributed by atoms with Gasteiger partial charge in [0.2, 0.25) is 5.91 Å². The summed E-state index contributed by atoms with van der Waals surface area (Å²) < 4.78 is 1.68. The molecule has 78 valence electrons. The highest BCUT2D eigenvalue weighted by Crippen LogP contribution is 2.13. The van der Waals surface area contributed by atoms with Gasteiger partial charge in [-0.3, -0.25) is 9.48 Å². The van der Waals surface area contributed by atoms with Gasteiger partial charge in [-0.15, -0.1) is 0 Å². The van der Waals surface area contributed by atoms with Crippen molar-refractivity contribution in [1.82, 2.24) is 9.78 Å². The van der Waals surface area contributed by atoms with Gasteiger partial charge in [-0.25, -0.2) is 0 Å². The molecule has 0 saturated carbocycles. The topological polar surface area (TPSA) is 72.9 Å². The average molecular weight is 196 g/mol. The number of hydrogen-bond donors (Lipinski definition) is 2. The molecule has 0 aliphatic heterocycles. The largest absolute Gasteiger partial charge is 0.322 e. The van der Waals surface area contributed by atoms with E-state index in [0.717, 1.165) is 17.8 Å². The van der Waals surface area contributed by atoms with Gasteiger partial charge in [0.15, 0.2) is 0 Å². The Morgan fingerprint density at radius 1 is 1.79 bits per heavy atom. The highest BCUT2D eigenvalue weighted by molar-refractivity contribution is 5.94. The molecule has 0 fully saturated rings. The molecule has 0 radical (unpaired) electrons. The van der Waals surface area contributed by atoms with Crippen molar-refractivity contribution in [1.29, 1.82) is 0 Å². The van der Waals surface area contributed by atoms with Crippen LogP contribution in [-0.4, -0.2) is 21.7 Å². The number of hydrogen-bond acceptors (Lipinski definition) is 3. The lowest BCUT2D eigenvalue weighted by atomic mass is 10.2. The number of amides is 1. The van der Waals surface area contributed by atoms with E-state index in [1.807, 2.05) is 14.0 Å². The number of nitrogens with zero attached hydrogens (tertiary/aromatic N) is 2. The molecule has 1 rings (SSSR count). The molecular weight excluding hydrogens is 180 g/mol. The maximum absolute atomic E-state index is 11.3. The van der Waals surface area contributed by atoms with Crippen molar-refractivity contribution in [3.63, 3.8) is 0 Å². The highest BCUT2D eigenvalue weighted by atomic mass is 16.2. The first kappa shape index (κ1) is 10.7. The molecule has 0 aromatic carbocycles. The molecule has 1 heterocycles.